The molecule has 2 aromatic rings. The van der Waals surface area contributed by atoms with Crippen molar-refractivity contribution < 1.29 is 49.4 Å². The Kier molecular flexibility index (Phi) is 35.1. The normalized spacial score (nSPS) is 9.95. The van der Waals surface area contributed by atoms with E-state index < -0.39 is 49.4 Å². The number of benzene rings is 2. The Labute approximate surface area is 272 Å². The van der Waals surface area contributed by atoms with Crippen LogP contribution in [0.2, 0.25) is 0 Å². The molecule has 0 aliphatic rings. The molecule has 0 radical (unpaired) electrons. The van der Waals surface area contributed by atoms with Crippen LogP contribution in [0, 0.1) is 0 Å². The van der Waals surface area contributed by atoms with E-state index in [0.717, 1.165) is 50.4 Å². The number of halogens is 6. The minimum atomic E-state index is -0.472. The molecule has 0 spiro atoms. The van der Waals surface area contributed by atoms with E-state index in [1.165, 1.54) is 0 Å². The van der Waals surface area contributed by atoms with Gasteiger partial charge in [0.25, 0.3) is 0 Å². The van der Waals surface area contributed by atoms with E-state index in [1.54, 1.807) is 24.3 Å². The number of hydrogen-bond donors (Lipinski definition) is 0. The summed E-state index contributed by atoms with van der Waals surface area (Å²) in [6.45, 7) is 14.3. The van der Waals surface area contributed by atoms with Crippen LogP contribution in [0.5, 0.6) is 0 Å². The van der Waals surface area contributed by atoms with Crippen molar-refractivity contribution in [1.82, 2.24) is 9.80 Å². The molecule has 0 bridgehead atoms. The maximum atomic E-state index is 7.51. The van der Waals surface area contributed by atoms with E-state index in [4.69, 9.17) is 79.4 Å². The van der Waals surface area contributed by atoms with Gasteiger partial charge in [-0.1, -0.05) is 64.1 Å². The quantitative estimate of drug-likeness (QED) is 0.263. The Balaban J connectivity index is -0.000000474. The van der Waals surface area contributed by atoms with Gasteiger partial charge in [0.1, 0.15) is 0 Å². The molecule has 222 valence electrons. The number of nitrogens with zero attached hydrogens (tertiary/aromatic N) is 2. The predicted molar refractivity (Wildman–Crippen MR) is 157 cm³/mol. The van der Waals surface area contributed by atoms with Crippen molar-refractivity contribution in [1.29, 1.82) is 0 Å². The van der Waals surface area contributed by atoms with Gasteiger partial charge in [0.05, 0.1) is 0 Å². The molecule has 0 unspecified atom stereocenters. The van der Waals surface area contributed by atoms with Gasteiger partial charge in [0.15, 0.2) is 0 Å². The number of nitrogens with one attached hydrogen (secondary N) is 4. The van der Waals surface area contributed by atoms with E-state index in [2.05, 4.69) is 37.5 Å². The summed E-state index contributed by atoms with van der Waals surface area (Å²) in [7, 11) is 29.2. The third-order valence-electron chi connectivity index (χ3n) is 4.77. The number of hydrogen-bond acceptors (Lipinski definition) is 2. The van der Waals surface area contributed by atoms with E-state index in [-0.39, 0.29) is 0 Å². The molecule has 0 amide bonds. The first-order valence-electron chi connectivity index (χ1n) is 10.6. The first-order chi connectivity index (χ1) is 17.6. The SMILES string of the molecule is CCN(CC)Cc1ccc([NH-])c([NH-])c1.CCN(CC)Cc1ccc([NH-])c([NH-])c1.[Cl][Pt+2][Cl].[Cl][Pt+2][Cl].[Cl][Pt+2][Cl]. The summed E-state index contributed by atoms with van der Waals surface area (Å²) in [5.74, 6) is 0. The summed E-state index contributed by atoms with van der Waals surface area (Å²) in [6, 6.07) is 10.8. The first-order valence-corrected chi connectivity index (χ1v) is 27.5. The van der Waals surface area contributed by atoms with E-state index in [9.17, 15) is 0 Å². The predicted octanol–water partition coefficient (Wildman–Crippen LogP) is 11.9. The van der Waals surface area contributed by atoms with Crippen molar-refractivity contribution in [3.63, 3.8) is 0 Å². The van der Waals surface area contributed by atoms with Gasteiger partial charge in [0, 0.05) is 13.1 Å². The Morgan fingerprint density at radius 3 is 0.946 bits per heavy atom. The van der Waals surface area contributed by atoms with Gasteiger partial charge in [0.2, 0.25) is 0 Å². The summed E-state index contributed by atoms with van der Waals surface area (Å²) >= 11 is -1.42. The second-order valence-electron chi connectivity index (χ2n) is 6.82. The molecule has 0 saturated carbocycles. The zero-order valence-electron chi connectivity index (χ0n) is 20.8. The molecule has 0 atom stereocenters. The third kappa shape index (κ3) is 24.9. The maximum absolute atomic E-state index is 7.51. The average Bonchev–Trinajstić information content (AvgIpc) is 2.87. The first kappa shape index (κ1) is 42.8. The van der Waals surface area contributed by atoms with Crippen molar-refractivity contribution in [3.8, 4) is 0 Å². The van der Waals surface area contributed by atoms with Crippen LogP contribution in [0.1, 0.15) is 38.8 Å². The van der Waals surface area contributed by atoms with Gasteiger partial charge in [-0.3, -0.25) is 9.80 Å². The molecule has 37 heavy (non-hydrogen) atoms. The Morgan fingerprint density at radius 2 is 0.757 bits per heavy atom. The molecule has 0 aliphatic heterocycles. The average molecular weight is 1180 g/mol. The van der Waals surface area contributed by atoms with Crippen LogP contribution < -0.4 is 0 Å². The van der Waals surface area contributed by atoms with Gasteiger partial charge in [-0.05, 0) is 37.3 Å². The molecular formula is C22H34Cl6N6Pt3+2. The molecule has 0 saturated heterocycles. The van der Waals surface area contributed by atoms with Crippen LogP contribution in [0.3, 0.4) is 0 Å². The molecule has 2 rings (SSSR count). The van der Waals surface area contributed by atoms with Crippen LogP contribution in [0.15, 0.2) is 36.4 Å². The van der Waals surface area contributed by atoms with Crippen molar-refractivity contribution in [3.05, 3.63) is 70.5 Å². The van der Waals surface area contributed by atoms with Gasteiger partial charge in [-0.25, -0.2) is 0 Å². The summed E-state index contributed by atoms with van der Waals surface area (Å²) in [5, 5.41) is 0. The fraction of sp³-hybridized carbons (Fsp3) is 0.455. The second kappa shape index (κ2) is 30.3. The summed E-state index contributed by atoms with van der Waals surface area (Å²) in [5.41, 5.74) is 33.3. The Hall–Kier alpha value is 1.36. The third-order valence-corrected chi connectivity index (χ3v) is 4.77. The standard InChI is InChI=1S/2C11H17N3.6ClH.3Pt/c2*1-3-14(4-2)8-9-5-6-10(12)11(13)7-9;;;;;;;;;/h2*5-7,12-13H,3-4,8H2,1-2H3;6*1H;;;/q2*-2;;;;;;;3*+4/p-6. The summed E-state index contributed by atoms with van der Waals surface area (Å²) in [4.78, 5) is 4.58. The summed E-state index contributed by atoms with van der Waals surface area (Å²) in [6.07, 6.45) is 0. The van der Waals surface area contributed by atoms with Crippen molar-refractivity contribution >= 4 is 79.3 Å². The molecule has 0 aromatic heterocycles. The molecule has 15 heteroatoms. The summed E-state index contributed by atoms with van der Waals surface area (Å²) < 4.78 is 0. The number of rotatable bonds is 8. The van der Waals surface area contributed by atoms with Crippen LogP contribution in [-0.2, 0) is 62.5 Å². The van der Waals surface area contributed by atoms with Crippen molar-refractivity contribution in [2.45, 2.75) is 40.8 Å². The van der Waals surface area contributed by atoms with Gasteiger partial charge in [-0.2, -0.15) is 22.7 Å². The topological polar surface area (TPSA) is 102 Å². The van der Waals surface area contributed by atoms with E-state index >= 15 is 0 Å². The molecule has 6 nitrogen and oxygen atoms in total. The minimum absolute atomic E-state index is 0.299. The van der Waals surface area contributed by atoms with E-state index in [0.29, 0.717) is 22.7 Å². The Morgan fingerprint density at radius 1 is 0.514 bits per heavy atom. The van der Waals surface area contributed by atoms with Gasteiger partial charge < -0.3 is 22.9 Å². The monoisotopic (exact) mass is 1180 g/mol. The zero-order chi connectivity index (χ0) is 29.2. The van der Waals surface area contributed by atoms with Gasteiger partial charge >= 0.3 is 106 Å². The van der Waals surface area contributed by atoms with Crippen LogP contribution in [0.25, 0.3) is 22.9 Å². The molecule has 0 heterocycles. The zero-order valence-corrected chi connectivity index (χ0v) is 32.2. The van der Waals surface area contributed by atoms with E-state index in [1.807, 2.05) is 12.1 Å². The van der Waals surface area contributed by atoms with Crippen molar-refractivity contribution in [2.24, 2.45) is 0 Å². The molecular weight excluding hydrogens is 1150 g/mol. The van der Waals surface area contributed by atoms with Gasteiger partial charge in [-0.15, -0.1) is 0 Å². The molecule has 2 aromatic carbocycles. The van der Waals surface area contributed by atoms with Crippen LogP contribution in [0.4, 0.5) is 22.7 Å². The van der Waals surface area contributed by atoms with Crippen molar-refractivity contribution in [2.75, 3.05) is 26.2 Å². The fourth-order valence-corrected chi connectivity index (χ4v) is 2.79. The van der Waals surface area contributed by atoms with Crippen LogP contribution in [-0.4, -0.2) is 36.0 Å². The van der Waals surface area contributed by atoms with Crippen LogP contribution >= 0.6 is 56.5 Å². The molecule has 4 N–H and O–H groups in total. The Bertz CT molecular complexity index is 724. The second-order valence-corrected chi connectivity index (χ2v) is 16.7. The fourth-order valence-electron chi connectivity index (χ4n) is 2.79. The molecule has 0 aliphatic carbocycles. The molecule has 0 fully saturated rings.